The second-order valence-corrected chi connectivity index (χ2v) is 3.21. The van der Waals surface area contributed by atoms with E-state index < -0.39 is 0 Å². The van der Waals surface area contributed by atoms with Gasteiger partial charge in [0.25, 0.3) is 5.91 Å². The van der Waals surface area contributed by atoms with Crippen LogP contribution in [0.2, 0.25) is 0 Å². The van der Waals surface area contributed by atoms with Crippen molar-refractivity contribution in [2.75, 3.05) is 13.1 Å². The quantitative estimate of drug-likeness (QED) is 0.449. The maximum absolute atomic E-state index is 11.1. The van der Waals surface area contributed by atoms with Crippen LogP contribution in [0.3, 0.4) is 0 Å². The van der Waals surface area contributed by atoms with Gasteiger partial charge in [0.2, 0.25) is 5.78 Å². The zero-order valence-corrected chi connectivity index (χ0v) is 7.46. The second kappa shape index (κ2) is 3.52. The molecule has 0 aliphatic carbocycles. The number of carbonyl (C=O) groups is 2. The van der Waals surface area contributed by atoms with Gasteiger partial charge in [-0.15, -0.1) is 0 Å². The van der Waals surface area contributed by atoms with Crippen molar-refractivity contribution < 1.29 is 9.59 Å². The number of nitrogens with zero attached hydrogens (tertiary/aromatic N) is 1. The van der Waals surface area contributed by atoms with Gasteiger partial charge in [-0.3, -0.25) is 9.59 Å². The van der Waals surface area contributed by atoms with Gasteiger partial charge < -0.3 is 4.90 Å². The van der Waals surface area contributed by atoms with Crippen LogP contribution in [0, 0.1) is 0 Å². The van der Waals surface area contributed by atoms with Gasteiger partial charge in [0, 0.05) is 19.5 Å². The van der Waals surface area contributed by atoms with Gasteiger partial charge >= 0.3 is 0 Å². The predicted molar refractivity (Wildman–Crippen MR) is 45.6 cm³/mol. The second-order valence-electron chi connectivity index (χ2n) is 3.21. The summed E-state index contributed by atoms with van der Waals surface area (Å²) in [6.07, 6.45) is 2.34. The molecule has 1 amide bonds. The molecule has 1 rings (SSSR count). The normalized spacial score (nSPS) is 17.0. The number of ketones is 1. The van der Waals surface area contributed by atoms with Crippen molar-refractivity contribution in [3.05, 3.63) is 11.6 Å². The molecule has 1 aliphatic heterocycles. The molecule has 66 valence electrons. The summed E-state index contributed by atoms with van der Waals surface area (Å²) < 4.78 is 0. The monoisotopic (exact) mass is 167 g/mol. The van der Waals surface area contributed by atoms with Crippen LogP contribution in [0.1, 0.15) is 20.3 Å². The summed E-state index contributed by atoms with van der Waals surface area (Å²) in [4.78, 5) is 23.5. The lowest BCUT2D eigenvalue weighted by atomic mass is 10.3. The number of Topliss-reactive ketones (excluding diaryl/α,β-unsaturated/α-hetero) is 1. The maximum atomic E-state index is 11.1. The Hall–Kier alpha value is -1.12. The highest BCUT2D eigenvalue weighted by Crippen LogP contribution is 2.06. The first-order valence-electron chi connectivity index (χ1n) is 4.06. The summed E-state index contributed by atoms with van der Waals surface area (Å²) >= 11 is 0. The largest absolute Gasteiger partial charge is 0.332 e. The number of rotatable bonds is 2. The minimum Gasteiger partial charge on any atom is -0.332 e. The fourth-order valence-electron chi connectivity index (χ4n) is 1.09. The molecule has 12 heavy (non-hydrogen) atoms. The molecule has 0 radical (unpaired) electrons. The van der Waals surface area contributed by atoms with E-state index in [1.807, 2.05) is 19.9 Å². The van der Waals surface area contributed by atoms with Crippen LogP contribution in [-0.4, -0.2) is 29.7 Å². The van der Waals surface area contributed by atoms with Crippen LogP contribution in [0.25, 0.3) is 0 Å². The first-order valence-corrected chi connectivity index (χ1v) is 4.06. The Labute approximate surface area is 72.0 Å². The van der Waals surface area contributed by atoms with Crippen LogP contribution >= 0.6 is 0 Å². The van der Waals surface area contributed by atoms with E-state index in [0.717, 1.165) is 0 Å². The first-order chi connectivity index (χ1) is 5.61. The summed E-state index contributed by atoms with van der Waals surface area (Å²) in [6.45, 7) is 5.11. The molecule has 1 heterocycles. The average Bonchev–Trinajstić information content (AvgIpc) is 2.30. The van der Waals surface area contributed by atoms with Crippen molar-refractivity contribution in [3.8, 4) is 0 Å². The fraction of sp³-hybridized carbons (Fsp3) is 0.556. The molecule has 3 heteroatoms. The maximum Gasteiger partial charge on any atom is 0.290 e. The zero-order chi connectivity index (χ0) is 9.14. The van der Waals surface area contributed by atoms with Gasteiger partial charge in [0.1, 0.15) is 0 Å². The Morgan fingerprint density at radius 1 is 1.50 bits per heavy atom. The summed E-state index contributed by atoms with van der Waals surface area (Å²) in [7, 11) is 0. The van der Waals surface area contributed by atoms with E-state index in [1.54, 1.807) is 4.90 Å². The van der Waals surface area contributed by atoms with Gasteiger partial charge in [0.05, 0.1) is 0 Å². The van der Waals surface area contributed by atoms with Crippen LogP contribution in [0.5, 0.6) is 0 Å². The van der Waals surface area contributed by atoms with Gasteiger partial charge in [-0.2, -0.15) is 0 Å². The standard InChI is InChI=1S/C9H13NO2/c1-7(2)3-5-10-6-4-8(11)9(10)12/h3H,4-6H2,1-2H3. The molecule has 0 bridgehead atoms. The van der Waals surface area contributed by atoms with Crippen molar-refractivity contribution in [2.24, 2.45) is 0 Å². The first kappa shape index (κ1) is 8.97. The fourth-order valence-corrected chi connectivity index (χ4v) is 1.09. The third kappa shape index (κ3) is 1.94. The highest BCUT2D eigenvalue weighted by Gasteiger charge is 2.27. The van der Waals surface area contributed by atoms with Gasteiger partial charge in [-0.1, -0.05) is 11.6 Å². The van der Waals surface area contributed by atoms with Crippen LogP contribution in [0.4, 0.5) is 0 Å². The van der Waals surface area contributed by atoms with E-state index in [-0.39, 0.29) is 11.7 Å². The smallest absolute Gasteiger partial charge is 0.290 e. The number of allylic oxidation sites excluding steroid dienone is 1. The Morgan fingerprint density at radius 3 is 2.58 bits per heavy atom. The van der Waals surface area contributed by atoms with E-state index in [2.05, 4.69) is 0 Å². The van der Waals surface area contributed by atoms with Crippen LogP contribution in [-0.2, 0) is 9.59 Å². The van der Waals surface area contributed by atoms with E-state index in [4.69, 9.17) is 0 Å². The van der Waals surface area contributed by atoms with E-state index in [9.17, 15) is 9.59 Å². The molecular weight excluding hydrogens is 154 g/mol. The van der Waals surface area contributed by atoms with Crippen molar-refractivity contribution in [1.29, 1.82) is 0 Å². The molecule has 1 fully saturated rings. The molecular formula is C9H13NO2. The lowest BCUT2D eigenvalue weighted by molar-refractivity contribution is -0.139. The molecule has 3 nitrogen and oxygen atoms in total. The van der Waals surface area contributed by atoms with Gasteiger partial charge in [-0.25, -0.2) is 0 Å². The number of hydrogen-bond donors (Lipinski definition) is 0. The summed E-state index contributed by atoms with van der Waals surface area (Å²) in [5, 5.41) is 0. The third-order valence-electron chi connectivity index (χ3n) is 1.85. The highest BCUT2D eigenvalue weighted by molar-refractivity contribution is 6.37. The lowest BCUT2D eigenvalue weighted by Gasteiger charge is -2.10. The molecule has 0 aromatic carbocycles. The Morgan fingerprint density at radius 2 is 2.17 bits per heavy atom. The molecule has 0 aromatic heterocycles. The molecule has 0 N–H and O–H groups in total. The molecule has 0 aromatic rings. The number of amides is 1. The number of hydrogen-bond acceptors (Lipinski definition) is 2. The van der Waals surface area contributed by atoms with Gasteiger partial charge in [0.15, 0.2) is 0 Å². The molecule has 1 saturated heterocycles. The molecule has 0 spiro atoms. The molecule has 0 unspecified atom stereocenters. The van der Waals surface area contributed by atoms with Crippen LogP contribution < -0.4 is 0 Å². The molecule has 1 aliphatic rings. The van der Waals surface area contributed by atoms with Crippen LogP contribution in [0.15, 0.2) is 11.6 Å². The lowest BCUT2D eigenvalue weighted by Crippen LogP contribution is -2.27. The summed E-state index contributed by atoms with van der Waals surface area (Å²) in [6, 6.07) is 0. The highest BCUT2D eigenvalue weighted by atomic mass is 16.2. The van der Waals surface area contributed by atoms with Crippen molar-refractivity contribution >= 4 is 11.7 Å². The number of likely N-dealkylation sites (tertiary alicyclic amines) is 1. The van der Waals surface area contributed by atoms with Crippen molar-refractivity contribution in [3.63, 3.8) is 0 Å². The molecule has 0 atom stereocenters. The predicted octanol–water partition coefficient (Wildman–Crippen LogP) is 0.754. The SMILES string of the molecule is CC(C)=CCN1CCC(=O)C1=O. The minimum absolute atomic E-state index is 0.253. The Kier molecular flexibility index (Phi) is 2.63. The Bertz CT molecular complexity index is 239. The van der Waals surface area contributed by atoms with E-state index in [0.29, 0.717) is 19.5 Å². The molecule has 0 saturated carbocycles. The topological polar surface area (TPSA) is 37.4 Å². The Balaban J connectivity index is 2.50. The summed E-state index contributed by atoms with van der Waals surface area (Å²) in [5.74, 6) is -0.579. The van der Waals surface area contributed by atoms with Crippen molar-refractivity contribution in [1.82, 2.24) is 4.90 Å². The van der Waals surface area contributed by atoms with E-state index in [1.165, 1.54) is 5.57 Å². The van der Waals surface area contributed by atoms with Gasteiger partial charge in [-0.05, 0) is 13.8 Å². The average molecular weight is 167 g/mol. The third-order valence-corrected chi connectivity index (χ3v) is 1.85. The summed E-state index contributed by atoms with van der Waals surface area (Å²) in [5.41, 5.74) is 1.17. The zero-order valence-electron chi connectivity index (χ0n) is 7.46. The number of carbonyl (C=O) groups excluding carboxylic acids is 2. The van der Waals surface area contributed by atoms with Crippen molar-refractivity contribution in [2.45, 2.75) is 20.3 Å². The minimum atomic E-state index is -0.326. The van der Waals surface area contributed by atoms with E-state index >= 15 is 0 Å².